The molecule has 1 fully saturated rings. The highest BCUT2D eigenvalue weighted by molar-refractivity contribution is 7.10. The Balaban J connectivity index is 1.90. The minimum atomic E-state index is -1.04. The molecule has 0 spiro atoms. The third-order valence-electron chi connectivity index (χ3n) is 3.29. The first-order valence-electron chi connectivity index (χ1n) is 6.50. The van der Waals surface area contributed by atoms with Crippen LogP contribution in [-0.4, -0.2) is 23.1 Å². The summed E-state index contributed by atoms with van der Waals surface area (Å²) in [5.41, 5.74) is 0. The molecule has 1 aliphatic carbocycles. The van der Waals surface area contributed by atoms with Crippen molar-refractivity contribution < 1.29 is 14.7 Å². The molecule has 0 aliphatic heterocycles. The van der Waals surface area contributed by atoms with Crippen LogP contribution >= 0.6 is 11.3 Å². The molecular formula is C13H18N2O3S. The standard InChI is InChI=1S/C13H18N2O3S/c16-12(17)11(10-7-4-8-19-10)15-13(18)14-9-5-2-1-3-6-9/h4,7-9,11H,1-3,5-6H2,(H,16,17)(H2,14,15,18). The Labute approximate surface area is 116 Å². The molecule has 19 heavy (non-hydrogen) atoms. The van der Waals surface area contributed by atoms with E-state index >= 15 is 0 Å². The maximum atomic E-state index is 11.8. The number of carbonyl (C=O) groups excluding carboxylic acids is 1. The highest BCUT2D eigenvalue weighted by atomic mass is 32.1. The number of urea groups is 1. The fraction of sp³-hybridized carbons (Fsp3) is 0.538. The van der Waals surface area contributed by atoms with Gasteiger partial charge in [0.1, 0.15) is 0 Å². The van der Waals surface area contributed by atoms with Crippen LogP contribution in [0.2, 0.25) is 0 Å². The molecule has 1 aliphatic rings. The average Bonchev–Trinajstić information content (AvgIpc) is 2.90. The Hall–Kier alpha value is -1.56. The van der Waals surface area contributed by atoms with Gasteiger partial charge in [0.05, 0.1) is 0 Å². The van der Waals surface area contributed by atoms with Crippen molar-refractivity contribution in [1.82, 2.24) is 10.6 Å². The van der Waals surface area contributed by atoms with E-state index in [-0.39, 0.29) is 6.04 Å². The summed E-state index contributed by atoms with van der Waals surface area (Å²) in [6, 6.07) is 2.30. The molecule has 0 aromatic carbocycles. The number of thiophene rings is 1. The molecular weight excluding hydrogens is 264 g/mol. The average molecular weight is 282 g/mol. The molecule has 1 aromatic rings. The molecule has 6 heteroatoms. The van der Waals surface area contributed by atoms with E-state index in [1.165, 1.54) is 17.8 Å². The van der Waals surface area contributed by atoms with Crippen LogP contribution in [0.4, 0.5) is 4.79 Å². The molecule has 0 bridgehead atoms. The second kappa shape index (κ2) is 6.56. The summed E-state index contributed by atoms with van der Waals surface area (Å²) in [7, 11) is 0. The number of nitrogens with one attached hydrogen (secondary N) is 2. The molecule has 2 amide bonds. The molecule has 1 saturated carbocycles. The number of hydrogen-bond donors (Lipinski definition) is 3. The van der Waals surface area contributed by atoms with E-state index in [2.05, 4.69) is 10.6 Å². The number of hydrogen-bond acceptors (Lipinski definition) is 3. The van der Waals surface area contributed by atoms with Crippen LogP contribution in [0.25, 0.3) is 0 Å². The molecule has 0 saturated heterocycles. The lowest BCUT2D eigenvalue weighted by Crippen LogP contribution is -2.45. The molecule has 1 aromatic heterocycles. The molecule has 104 valence electrons. The lowest BCUT2D eigenvalue weighted by Gasteiger charge is -2.23. The predicted molar refractivity (Wildman–Crippen MR) is 73.2 cm³/mol. The van der Waals surface area contributed by atoms with Gasteiger partial charge in [0.15, 0.2) is 6.04 Å². The van der Waals surface area contributed by atoms with Gasteiger partial charge < -0.3 is 15.7 Å². The lowest BCUT2D eigenvalue weighted by atomic mass is 9.96. The predicted octanol–water partition coefficient (Wildman–Crippen LogP) is 2.51. The quantitative estimate of drug-likeness (QED) is 0.794. The van der Waals surface area contributed by atoms with E-state index in [4.69, 9.17) is 5.11 Å². The topological polar surface area (TPSA) is 78.4 Å². The second-order valence-electron chi connectivity index (χ2n) is 4.74. The van der Waals surface area contributed by atoms with E-state index in [0.717, 1.165) is 25.7 Å². The summed E-state index contributed by atoms with van der Waals surface area (Å²) < 4.78 is 0. The minimum Gasteiger partial charge on any atom is -0.479 e. The van der Waals surface area contributed by atoms with Crippen molar-refractivity contribution in [1.29, 1.82) is 0 Å². The van der Waals surface area contributed by atoms with Crippen LogP contribution in [0.15, 0.2) is 17.5 Å². The van der Waals surface area contributed by atoms with Gasteiger partial charge in [0.2, 0.25) is 0 Å². The first-order valence-corrected chi connectivity index (χ1v) is 7.38. The van der Waals surface area contributed by atoms with Crippen LogP contribution in [0, 0.1) is 0 Å². The van der Waals surface area contributed by atoms with Crippen LogP contribution in [0.1, 0.15) is 43.0 Å². The number of amides is 2. The smallest absolute Gasteiger partial charge is 0.331 e. The summed E-state index contributed by atoms with van der Waals surface area (Å²) in [4.78, 5) is 23.7. The lowest BCUT2D eigenvalue weighted by molar-refractivity contribution is -0.139. The number of rotatable bonds is 4. The van der Waals surface area contributed by atoms with Crippen LogP contribution < -0.4 is 10.6 Å². The molecule has 1 atom stereocenters. The van der Waals surface area contributed by atoms with Gasteiger partial charge in [0.25, 0.3) is 0 Å². The second-order valence-corrected chi connectivity index (χ2v) is 5.72. The summed E-state index contributed by atoms with van der Waals surface area (Å²) in [5, 5.41) is 16.3. The normalized spacial score (nSPS) is 17.7. The number of aliphatic carboxylic acids is 1. The van der Waals surface area contributed by atoms with Crippen molar-refractivity contribution in [2.45, 2.75) is 44.2 Å². The zero-order valence-corrected chi connectivity index (χ0v) is 11.4. The van der Waals surface area contributed by atoms with Crippen molar-refractivity contribution in [2.24, 2.45) is 0 Å². The van der Waals surface area contributed by atoms with Gasteiger partial charge in [-0.05, 0) is 24.3 Å². The minimum absolute atomic E-state index is 0.173. The molecule has 0 radical (unpaired) electrons. The van der Waals surface area contributed by atoms with Gasteiger partial charge >= 0.3 is 12.0 Å². The van der Waals surface area contributed by atoms with Gasteiger partial charge in [-0.1, -0.05) is 25.3 Å². The van der Waals surface area contributed by atoms with E-state index in [1.54, 1.807) is 17.5 Å². The number of carboxylic acids is 1. The van der Waals surface area contributed by atoms with Crippen molar-refractivity contribution >= 4 is 23.3 Å². The number of carbonyl (C=O) groups is 2. The first-order chi connectivity index (χ1) is 9.16. The van der Waals surface area contributed by atoms with Crippen molar-refractivity contribution in [2.75, 3.05) is 0 Å². The zero-order chi connectivity index (χ0) is 13.7. The number of carboxylic acid groups (broad SMARTS) is 1. The molecule has 3 N–H and O–H groups in total. The SMILES string of the molecule is O=C(NC1CCCCC1)NC(C(=O)O)c1cccs1. The Kier molecular flexibility index (Phi) is 4.79. The van der Waals surface area contributed by atoms with Gasteiger partial charge in [-0.15, -0.1) is 11.3 Å². The van der Waals surface area contributed by atoms with Crippen molar-refractivity contribution in [3.63, 3.8) is 0 Å². The monoisotopic (exact) mass is 282 g/mol. The van der Waals surface area contributed by atoms with Crippen LogP contribution in [-0.2, 0) is 4.79 Å². The fourth-order valence-electron chi connectivity index (χ4n) is 2.32. The maximum Gasteiger partial charge on any atom is 0.331 e. The molecule has 2 rings (SSSR count). The first kappa shape index (κ1) is 13.9. The van der Waals surface area contributed by atoms with Crippen LogP contribution in [0.3, 0.4) is 0 Å². The van der Waals surface area contributed by atoms with E-state index in [1.807, 2.05) is 0 Å². The highest BCUT2D eigenvalue weighted by Crippen LogP contribution is 2.20. The molecule has 5 nitrogen and oxygen atoms in total. The van der Waals surface area contributed by atoms with Gasteiger partial charge in [-0.3, -0.25) is 0 Å². The third-order valence-corrected chi connectivity index (χ3v) is 4.23. The van der Waals surface area contributed by atoms with E-state index in [0.29, 0.717) is 4.88 Å². The third kappa shape index (κ3) is 3.96. The van der Waals surface area contributed by atoms with E-state index in [9.17, 15) is 9.59 Å². The van der Waals surface area contributed by atoms with Gasteiger partial charge in [-0.25, -0.2) is 9.59 Å². The molecule has 1 unspecified atom stereocenters. The Morgan fingerprint density at radius 2 is 2.05 bits per heavy atom. The summed E-state index contributed by atoms with van der Waals surface area (Å²) >= 11 is 1.32. The van der Waals surface area contributed by atoms with Crippen molar-refractivity contribution in [3.05, 3.63) is 22.4 Å². The van der Waals surface area contributed by atoms with Crippen molar-refractivity contribution in [3.8, 4) is 0 Å². The Morgan fingerprint density at radius 3 is 2.63 bits per heavy atom. The Bertz CT molecular complexity index is 427. The largest absolute Gasteiger partial charge is 0.479 e. The summed E-state index contributed by atoms with van der Waals surface area (Å²) in [5.74, 6) is -1.04. The summed E-state index contributed by atoms with van der Waals surface area (Å²) in [6.45, 7) is 0. The molecule has 1 heterocycles. The Morgan fingerprint density at radius 1 is 1.32 bits per heavy atom. The maximum absolute atomic E-state index is 11.8. The zero-order valence-electron chi connectivity index (χ0n) is 10.6. The summed E-state index contributed by atoms with van der Waals surface area (Å²) in [6.07, 6.45) is 5.41. The van der Waals surface area contributed by atoms with Crippen LogP contribution in [0.5, 0.6) is 0 Å². The highest BCUT2D eigenvalue weighted by Gasteiger charge is 2.24. The van der Waals surface area contributed by atoms with Gasteiger partial charge in [-0.2, -0.15) is 0 Å². The van der Waals surface area contributed by atoms with E-state index < -0.39 is 18.0 Å². The van der Waals surface area contributed by atoms with Gasteiger partial charge in [0, 0.05) is 10.9 Å². The fourth-order valence-corrected chi connectivity index (χ4v) is 3.08.